The van der Waals surface area contributed by atoms with Gasteiger partial charge in [-0.05, 0) is 91.7 Å². The number of aliphatic hydroxyl groups is 1. The lowest BCUT2D eigenvalue weighted by molar-refractivity contribution is -0.0394. The van der Waals surface area contributed by atoms with E-state index >= 15 is 0 Å². The molecule has 2 fully saturated rings. The zero-order chi connectivity index (χ0) is 22.8. The smallest absolute Gasteiger partial charge is 0.192 e. The molecular weight excluding hydrogens is 396 g/mol. The average molecular weight is 445 g/mol. The van der Waals surface area contributed by atoms with Gasteiger partial charge in [0.05, 0.1) is 6.10 Å². The van der Waals surface area contributed by atoms with Crippen LogP contribution < -0.4 is 0 Å². The Morgan fingerprint density at radius 2 is 1.87 bits per heavy atom. The van der Waals surface area contributed by atoms with Crippen LogP contribution in [-0.4, -0.2) is 26.1 Å². The summed E-state index contributed by atoms with van der Waals surface area (Å²) in [6.07, 6.45) is 15.6. The molecule has 0 heterocycles. The van der Waals surface area contributed by atoms with Gasteiger partial charge in [0.25, 0.3) is 0 Å². The molecule has 0 spiro atoms. The molecule has 0 aromatic heterocycles. The van der Waals surface area contributed by atoms with Gasteiger partial charge in [-0.1, -0.05) is 65.3 Å². The SMILES string of the molecule is C[C@H](CO)[C@H]1CC[C@H]2[C@@H]3CC=C4C[C@@H](O[Si](C)(C)C(C)(C)C)C=C[C@]4(C)[C@H]3CC[C@]12C. The summed E-state index contributed by atoms with van der Waals surface area (Å²) in [7, 11) is -1.76. The van der Waals surface area contributed by atoms with E-state index in [0.29, 0.717) is 23.9 Å². The summed E-state index contributed by atoms with van der Waals surface area (Å²) in [6.45, 7) is 19.5. The normalized spacial score (nSPS) is 43.6. The van der Waals surface area contributed by atoms with Gasteiger partial charge in [0, 0.05) is 12.0 Å². The van der Waals surface area contributed by atoms with Crippen LogP contribution in [0.3, 0.4) is 0 Å². The topological polar surface area (TPSA) is 29.5 Å². The van der Waals surface area contributed by atoms with Crippen molar-refractivity contribution in [2.45, 2.75) is 104 Å². The minimum absolute atomic E-state index is 0.220. The van der Waals surface area contributed by atoms with Crippen molar-refractivity contribution < 1.29 is 9.53 Å². The third kappa shape index (κ3) is 3.75. The van der Waals surface area contributed by atoms with E-state index in [0.717, 1.165) is 24.2 Å². The van der Waals surface area contributed by atoms with Crippen LogP contribution in [0.5, 0.6) is 0 Å². The number of aliphatic hydroxyl groups excluding tert-OH is 1. The van der Waals surface area contributed by atoms with Crippen molar-refractivity contribution in [3.05, 3.63) is 23.8 Å². The number of hydrogen-bond acceptors (Lipinski definition) is 2. The summed E-state index contributed by atoms with van der Waals surface area (Å²) in [4.78, 5) is 0. The van der Waals surface area contributed by atoms with Crippen molar-refractivity contribution in [2.75, 3.05) is 6.61 Å². The first kappa shape index (κ1) is 23.8. The minimum atomic E-state index is -1.76. The van der Waals surface area contributed by atoms with Crippen LogP contribution in [0, 0.1) is 40.4 Å². The van der Waals surface area contributed by atoms with Crippen LogP contribution >= 0.6 is 0 Å². The summed E-state index contributed by atoms with van der Waals surface area (Å²) in [5.74, 6) is 3.56. The number of fused-ring (bicyclic) bond motifs is 5. The van der Waals surface area contributed by atoms with E-state index in [-0.39, 0.29) is 16.6 Å². The third-order valence-corrected chi connectivity index (χ3v) is 15.4. The number of rotatable bonds is 4. The van der Waals surface area contributed by atoms with Crippen LogP contribution in [-0.2, 0) is 4.43 Å². The summed E-state index contributed by atoms with van der Waals surface area (Å²) in [5, 5.41) is 10.1. The van der Waals surface area contributed by atoms with Gasteiger partial charge in [-0.3, -0.25) is 0 Å². The Kier molecular flexibility index (Phi) is 6.01. The van der Waals surface area contributed by atoms with E-state index < -0.39 is 8.32 Å². The second-order valence-corrected chi connectivity index (χ2v) is 18.2. The zero-order valence-corrected chi connectivity index (χ0v) is 22.5. The first-order chi connectivity index (χ1) is 14.3. The van der Waals surface area contributed by atoms with Crippen molar-refractivity contribution in [2.24, 2.45) is 40.4 Å². The Balaban J connectivity index is 1.55. The van der Waals surface area contributed by atoms with Crippen molar-refractivity contribution in [3.8, 4) is 0 Å². The van der Waals surface area contributed by atoms with Gasteiger partial charge in [0.15, 0.2) is 8.32 Å². The highest BCUT2D eigenvalue weighted by atomic mass is 28.4. The van der Waals surface area contributed by atoms with E-state index in [2.05, 4.69) is 72.9 Å². The molecule has 2 saturated carbocycles. The molecule has 1 N–H and O–H groups in total. The molecule has 8 atom stereocenters. The highest BCUT2D eigenvalue weighted by Gasteiger charge is 2.58. The van der Waals surface area contributed by atoms with E-state index in [4.69, 9.17) is 4.43 Å². The monoisotopic (exact) mass is 444 g/mol. The van der Waals surface area contributed by atoms with Crippen molar-refractivity contribution in [3.63, 3.8) is 0 Å². The molecule has 0 saturated heterocycles. The van der Waals surface area contributed by atoms with Gasteiger partial charge >= 0.3 is 0 Å². The van der Waals surface area contributed by atoms with Gasteiger partial charge in [0.1, 0.15) is 0 Å². The summed E-state index contributed by atoms with van der Waals surface area (Å²) in [6, 6.07) is 0. The van der Waals surface area contributed by atoms with E-state index in [1.807, 2.05) is 0 Å². The molecule has 31 heavy (non-hydrogen) atoms. The van der Waals surface area contributed by atoms with Crippen LogP contribution in [0.15, 0.2) is 23.8 Å². The Labute approximate surface area is 193 Å². The van der Waals surface area contributed by atoms with Crippen LogP contribution in [0.1, 0.15) is 80.1 Å². The van der Waals surface area contributed by atoms with Crippen LogP contribution in [0.4, 0.5) is 0 Å². The fourth-order valence-electron chi connectivity index (χ4n) is 7.96. The zero-order valence-electron chi connectivity index (χ0n) is 21.5. The Morgan fingerprint density at radius 3 is 2.52 bits per heavy atom. The Bertz CT molecular complexity index is 747. The molecule has 4 rings (SSSR count). The molecule has 0 unspecified atom stereocenters. The largest absolute Gasteiger partial charge is 0.410 e. The molecule has 0 aromatic carbocycles. The Hall–Kier alpha value is -0.383. The van der Waals surface area contributed by atoms with Crippen LogP contribution in [0.25, 0.3) is 0 Å². The van der Waals surface area contributed by atoms with Crippen molar-refractivity contribution >= 4 is 8.32 Å². The van der Waals surface area contributed by atoms with Crippen molar-refractivity contribution in [1.29, 1.82) is 0 Å². The highest BCUT2D eigenvalue weighted by molar-refractivity contribution is 6.74. The quantitative estimate of drug-likeness (QED) is 0.362. The maximum absolute atomic E-state index is 9.86. The molecular formula is C28H48O2Si. The number of hydrogen-bond donors (Lipinski definition) is 1. The highest BCUT2D eigenvalue weighted by Crippen LogP contribution is 2.66. The maximum atomic E-state index is 9.86. The first-order valence-electron chi connectivity index (χ1n) is 13.0. The first-order valence-corrected chi connectivity index (χ1v) is 15.9. The molecule has 0 radical (unpaired) electrons. The lowest BCUT2D eigenvalue weighted by atomic mass is 9.48. The van der Waals surface area contributed by atoms with Gasteiger partial charge < -0.3 is 9.53 Å². The molecule has 0 aliphatic heterocycles. The van der Waals surface area contributed by atoms with Crippen LogP contribution in [0.2, 0.25) is 18.1 Å². The number of allylic oxidation sites excluding steroid dienone is 2. The van der Waals surface area contributed by atoms with Crippen molar-refractivity contribution in [1.82, 2.24) is 0 Å². The standard InChI is InChI=1S/C28H48O2Si/c1-19(18-29)23-11-12-24-22-10-9-20-17-21(30-31(7,8)26(2,3)4)13-15-27(20,5)25(22)14-16-28(23,24)6/h9,13,15,19,21-25,29H,10-12,14,16-18H2,1-8H3/t19-,21+,22+,23-,24+,25+,27+,28-/m1/s1. The molecule has 4 aliphatic rings. The second-order valence-electron chi connectivity index (χ2n) is 13.5. The van der Waals surface area contributed by atoms with Gasteiger partial charge in [-0.25, -0.2) is 0 Å². The molecule has 3 heteroatoms. The molecule has 0 amide bonds. The minimum Gasteiger partial charge on any atom is -0.410 e. The Morgan fingerprint density at radius 1 is 1.16 bits per heavy atom. The van der Waals surface area contributed by atoms with E-state index in [1.165, 1.54) is 32.1 Å². The molecule has 4 aliphatic carbocycles. The molecule has 0 bridgehead atoms. The lowest BCUT2D eigenvalue weighted by Gasteiger charge is -2.57. The fraction of sp³-hybridized carbons (Fsp3) is 0.857. The summed E-state index contributed by atoms with van der Waals surface area (Å²) in [5.41, 5.74) is 2.30. The average Bonchev–Trinajstić information content (AvgIpc) is 3.04. The second kappa shape index (κ2) is 7.84. The van der Waals surface area contributed by atoms with Gasteiger partial charge in [-0.15, -0.1) is 0 Å². The van der Waals surface area contributed by atoms with E-state index in [1.54, 1.807) is 5.57 Å². The third-order valence-electron chi connectivity index (χ3n) is 10.9. The molecule has 0 aromatic rings. The molecule has 2 nitrogen and oxygen atoms in total. The fourth-order valence-corrected chi connectivity index (χ4v) is 9.23. The summed E-state index contributed by atoms with van der Waals surface area (Å²) < 4.78 is 6.80. The lowest BCUT2D eigenvalue weighted by Crippen LogP contribution is -2.50. The van der Waals surface area contributed by atoms with Gasteiger partial charge in [0.2, 0.25) is 0 Å². The van der Waals surface area contributed by atoms with E-state index in [9.17, 15) is 5.11 Å². The maximum Gasteiger partial charge on any atom is 0.192 e. The van der Waals surface area contributed by atoms with Gasteiger partial charge in [-0.2, -0.15) is 0 Å². The summed E-state index contributed by atoms with van der Waals surface area (Å²) >= 11 is 0. The predicted molar refractivity (Wildman–Crippen MR) is 133 cm³/mol. The predicted octanol–water partition coefficient (Wildman–Crippen LogP) is 7.36. The molecule has 176 valence electrons.